The number of rotatable bonds is 2. The van der Waals surface area contributed by atoms with E-state index in [4.69, 9.17) is 4.84 Å². The molecule has 1 amide bonds. The van der Waals surface area contributed by atoms with Crippen LogP contribution in [0.3, 0.4) is 0 Å². The van der Waals surface area contributed by atoms with Crippen molar-refractivity contribution in [3.8, 4) is 0 Å². The van der Waals surface area contributed by atoms with Crippen molar-refractivity contribution < 1.29 is 9.63 Å². The number of hydrogen-bond donors (Lipinski definition) is 2. The molecule has 1 unspecified atom stereocenters. The van der Waals surface area contributed by atoms with Crippen molar-refractivity contribution >= 4 is 11.6 Å². The molecule has 4 heteroatoms. The van der Waals surface area contributed by atoms with Crippen molar-refractivity contribution in [1.29, 1.82) is 0 Å². The molecule has 4 nitrogen and oxygen atoms in total. The minimum Gasteiger partial charge on any atom is -0.322 e. The van der Waals surface area contributed by atoms with Crippen LogP contribution in [-0.4, -0.2) is 11.6 Å². The second-order valence-electron chi connectivity index (χ2n) is 4.96. The summed E-state index contributed by atoms with van der Waals surface area (Å²) in [7, 11) is 0. The Bertz CT molecular complexity index is 391. The van der Waals surface area contributed by atoms with Gasteiger partial charge in [0.05, 0.1) is 0 Å². The average Bonchev–Trinajstić information content (AvgIpc) is 2.98. The van der Waals surface area contributed by atoms with E-state index in [9.17, 15) is 4.79 Å². The van der Waals surface area contributed by atoms with Gasteiger partial charge in [0.15, 0.2) is 0 Å². The Morgan fingerprint density at radius 2 is 1.88 bits per heavy atom. The molecule has 1 atom stereocenters. The van der Waals surface area contributed by atoms with Crippen LogP contribution < -0.4 is 10.8 Å². The number of amides is 1. The fourth-order valence-corrected chi connectivity index (χ4v) is 1.53. The summed E-state index contributed by atoms with van der Waals surface area (Å²) in [5, 5.41) is 2.82. The van der Waals surface area contributed by atoms with Gasteiger partial charge in [-0.05, 0) is 12.1 Å². The molecule has 1 saturated heterocycles. The molecule has 0 aliphatic carbocycles. The van der Waals surface area contributed by atoms with Gasteiger partial charge in [-0.2, -0.15) is 5.48 Å². The summed E-state index contributed by atoms with van der Waals surface area (Å²) in [6, 6.07) is 9.34. The third-order valence-corrected chi connectivity index (χ3v) is 2.71. The average molecular weight is 220 g/mol. The van der Waals surface area contributed by atoms with Crippen molar-refractivity contribution in [3.63, 3.8) is 0 Å². The topological polar surface area (TPSA) is 63.6 Å². The van der Waals surface area contributed by atoms with E-state index in [2.05, 4.69) is 10.8 Å². The van der Waals surface area contributed by atoms with Gasteiger partial charge in [-0.15, -0.1) is 0 Å². The molecule has 0 bridgehead atoms. The van der Waals surface area contributed by atoms with E-state index in [0.29, 0.717) is 0 Å². The summed E-state index contributed by atoms with van der Waals surface area (Å²) in [4.78, 5) is 17.2. The minimum atomic E-state index is -0.900. The molecule has 86 valence electrons. The molecule has 1 aliphatic rings. The Morgan fingerprint density at radius 3 is 2.31 bits per heavy atom. The molecule has 1 aromatic rings. The van der Waals surface area contributed by atoms with Gasteiger partial charge >= 0.3 is 0 Å². The molecule has 0 aromatic heterocycles. The molecule has 1 fully saturated rings. The van der Waals surface area contributed by atoms with Crippen LogP contribution in [0.2, 0.25) is 0 Å². The smallest absolute Gasteiger partial charge is 0.276 e. The van der Waals surface area contributed by atoms with Gasteiger partial charge in [0.1, 0.15) is 0 Å². The van der Waals surface area contributed by atoms with Crippen molar-refractivity contribution in [1.82, 2.24) is 5.48 Å². The first-order valence-corrected chi connectivity index (χ1v) is 5.27. The number of hydrogen-bond acceptors (Lipinski definition) is 3. The monoisotopic (exact) mass is 220 g/mol. The molecular formula is C12H16N2O2. The molecular weight excluding hydrogens is 204 g/mol. The zero-order valence-electron chi connectivity index (χ0n) is 9.70. The third-order valence-electron chi connectivity index (χ3n) is 2.71. The zero-order valence-corrected chi connectivity index (χ0v) is 9.70. The van der Waals surface area contributed by atoms with Crippen LogP contribution >= 0.6 is 0 Å². The number of nitrogens with one attached hydrogen (secondary N) is 2. The van der Waals surface area contributed by atoms with E-state index < -0.39 is 5.72 Å². The summed E-state index contributed by atoms with van der Waals surface area (Å²) < 4.78 is 0. The van der Waals surface area contributed by atoms with Gasteiger partial charge in [0, 0.05) is 11.1 Å². The normalized spacial score (nSPS) is 23.9. The van der Waals surface area contributed by atoms with Crippen molar-refractivity contribution in [2.24, 2.45) is 5.41 Å². The van der Waals surface area contributed by atoms with Crippen molar-refractivity contribution in [2.45, 2.75) is 26.5 Å². The van der Waals surface area contributed by atoms with Gasteiger partial charge in [0.2, 0.25) is 5.72 Å². The van der Waals surface area contributed by atoms with Crippen LogP contribution in [0.5, 0.6) is 0 Å². The fourth-order valence-electron chi connectivity index (χ4n) is 1.53. The number of anilines is 1. The summed E-state index contributed by atoms with van der Waals surface area (Å²) in [6.45, 7) is 5.87. The van der Waals surface area contributed by atoms with Crippen LogP contribution in [0.4, 0.5) is 5.69 Å². The summed E-state index contributed by atoms with van der Waals surface area (Å²) in [5.41, 5.74) is 2.28. The standard InChI is InChI=1S/C12H16N2O2/c1-11(2,3)12(14-16-12)10(15)13-9-7-5-4-6-8-9/h4-8,14H,1-3H3,(H,13,15). The molecule has 2 N–H and O–H groups in total. The largest absolute Gasteiger partial charge is 0.322 e. The molecule has 16 heavy (non-hydrogen) atoms. The lowest BCUT2D eigenvalue weighted by Crippen LogP contribution is -2.44. The van der Waals surface area contributed by atoms with Gasteiger partial charge in [-0.3, -0.25) is 9.63 Å². The number of hydroxylamine groups is 1. The highest BCUT2D eigenvalue weighted by atomic mass is 16.8. The fraction of sp³-hybridized carbons (Fsp3) is 0.417. The first-order chi connectivity index (χ1) is 7.46. The Labute approximate surface area is 94.9 Å². The van der Waals surface area contributed by atoms with E-state index >= 15 is 0 Å². The van der Waals surface area contributed by atoms with Gasteiger partial charge in [-0.25, -0.2) is 0 Å². The maximum absolute atomic E-state index is 12.0. The highest BCUT2D eigenvalue weighted by Crippen LogP contribution is 2.40. The van der Waals surface area contributed by atoms with Crippen LogP contribution in [0.15, 0.2) is 30.3 Å². The second-order valence-corrected chi connectivity index (χ2v) is 4.96. The Kier molecular flexibility index (Phi) is 2.48. The highest BCUT2D eigenvalue weighted by molar-refractivity contribution is 5.98. The summed E-state index contributed by atoms with van der Waals surface area (Å²) >= 11 is 0. The van der Waals surface area contributed by atoms with Crippen molar-refractivity contribution in [3.05, 3.63) is 30.3 Å². The van der Waals surface area contributed by atoms with Gasteiger partial charge < -0.3 is 5.32 Å². The predicted molar refractivity (Wildman–Crippen MR) is 61.5 cm³/mol. The van der Waals surface area contributed by atoms with Crippen LogP contribution in [0.25, 0.3) is 0 Å². The number of carbonyl (C=O) groups is 1. The molecule has 1 aliphatic heterocycles. The lowest BCUT2D eigenvalue weighted by atomic mass is 9.84. The molecule has 2 rings (SSSR count). The van der Waals surface area contributed by atoms with Crippen LogP contribution in [-0.2, 0) is 9.63 Å². The number of carbonyl (C=O) groups excluding carboxylic acids is 1. The number of para-hydroxylation sites is 1. The SMILES string of the molecule is CC(C)(C)C1(C(=O)Nc2ccccc2)NO1. The van der Waals surface area contributed by atoms with E-state index in [-0.39, 0.29) is 11.3 Å². The van der Waals surface area contributed by atoms with E-state index in [1.165, 1.54) is 0 Å². The Morgan fingerprint density at radius 1 is 1.31 bits per heavy atom. The predicted octanol–water partition coefficient (Wildman–Crippen LogP) is 1.90. The van der Waals surface area contributed by atoms with Crippen molar-refractivity contribution in [2.75, 3.05) is 5.32 Å². The van der Waals surface area contributed by atoms with E-state index in [1.54, 1.807) is 0 Å². The Balaban J connectivity index is 2.11. The first kappa shape index (κ1) is 11.1. The molecule has 0 spiro atoms. The van der Waals surface area contributed by atoms with Gasteiger partial charge in [-0.1, -0.05) is 39.0 Å². The zero-order chi connectivity index (χ0) is 11.8. The maximum Gasteiger partial charge on any atom is 0.276 e. The quantitative estimate of drug-likeness (QED) is 0.748. The maximum atomic E-state index is 12.0. The molecule has 0 saturated carbocycles. The highest BCUT2D eigenvalue weighted by Gasteiger charge is 2.61. The molecule has 1 heterocycles. The number of benzene rings is 1. The lowest BCUT2D eigenvalue weighted by Gasteiger charge is -2.24. The second kappa shape index (κ2) is 3.57. The van der Waals surface area contributed by atoms with Crippen LogP contribution in [0.1, 0.15) is 20.8 Å². The lowest BCUT2D eigenvalue weighted by molar-refractivity contribution is -0.124. The Hall–Kier alpha value is -1.39. The van der Waals surface area contributed by atoms with Crippen LogP contribution in [0, 0.1) is 5.41 Å². The molecule has 0 radical (unpaired) electrons. The molecule has 1 aromatic carbocycles. The third kappa shape index (κ3) is 1.81. The first-order valence-electron chi connectivity index (χ1n) is 5.27. The van der Waals surface area contributed by atoms with E-state index in [1.807, 2.05) is 51.1 Å². The summed E-state index contributed by atoms with van der Waals surface area (Å²) in [6.07, 6.45) is 0. The van der Waals surface area contributed by atoms with Gasteiger partial charge in [0.25, 0.3) is 5.91 Å². The minimum absolute atomic E-state index is 0.161. The van der Waals surface area contributed by atoms with E-state index in [0.717, 1.165) is 5.69 Å². The summed E-state index contributed by atoms with van der Waals surface area (Å²) in [5.74, 6) is -0.161.